The topological polar surface area (TPSA) is 61.7 Å². The molecule has 0 saturated heterocycles. The fourth-order valence-electron chi connectivity index (χ4n) is 2.51. The first-order chi connectivity index (χ1) is 13.0. The third-order valence-corrected chi connectivity index (χ3v) is 4.54. The lowest BCUT2D eigenvalue weighted by molar-refractivity contribution is 0.0955. The Kier molecular flexibility index (Phi) is 6.12. The number of carbonyl (C=O) groups is 1. The first-order valence-electron chi connectivity index (χ1n) is 8.17. The highest BCUT2D eigenvalue weighted by Crippen LogP contribution is 2.22. The van der Waals surface area contributed by atoms with Crippen molar-refractivity contribution in [1.29, 1.82) is 0 Å². The molecule has 0 aromatic heterocycles. The third-order valence-electron chi connectivity index (χ3n) is 3.92. The van der Waals surface area contributed by atoms with Crippen LogP contribution in [-0.2, 0) is 6.42 Å². The Labute approximate surface area is 167 Å². The molecule has 0 atom stereocenters. The molecule has 136 valence electrons. The Hall–Kier alpha value is -2.82. The molecule has 6 heteroatoms. The first kappa shape index (κ1) is 19.0. The van der Waals surface area contributed by atoms with Gasteiger partial charge in [0.05, 0.1) is 6.21 Å². The summed E-state index contributed by atoms with van der Waals surface area (Å²) in [5.41, 5.74) is 5.32. The van der Waals surface area contributed by atoms with E-state index in [9.17, 15) is 9.90 Å². The molecular formula is C21H16Cl2N2O2. The largest absolute Gasteiger partial charge is 0.507 e. The van der Waals surface area contributed by atoms with Gasteiger partial charge in [0, 0.05) is 21.2 Å². The van der Waals surface area contributed by atoms with Crippen LogP contribution >= 0.6 is 23.2 Å². The Morgan fingerprint density at radius 2 is 1.78 bits per heavy atom. The number of hydrogen-bond acceptors (Lipinski definition) is 3. The average Bonchev–Trinajstić information content (AvgIpc) is 2.66. The monoisotopic (exact) mass is 398 g/mol. The van der Waals surface area contributed by atoms with Crippen molar-refractivity contribution >= 4 is 35.3 Å². The van der Waals surface area contributed by atoms with Crippen LogP contribution in [0.5, 0.6) is 5.75 Å². The zero-order valence-electron chi connectivity index (χ0n) is 14.2. The van der Waals surface area contributed by atoms with Gasteiger partial charge in [0.15, 0.2) is 0 Å². The van der Waals surface area contributed by atoms with E-state index in [2.05, 4.69) is 10.5 Å². The number of hydrogen-bond donors (Lipinski definition) is 2. The summed E-state index contributed by atoms with van der Waals surface area (Å²) in [5, 5.41) is 15.2. The predicted molar refractivity (Wildman–Crippen MR) is 109 cm³/mol. The van der Waals surface area contributed by atoms with Gasteiger partial charge in [0.25, 0.3) is 5.91 Å². The van der Waals surface area contributed by atoms with E-state index in [0.717, 1.165) is 11.1 Å². The summed E-state index contributed by atoms with van der Waals surface area (Å²) in [5.74, 6) is -0.294. The van der Waals surface area contributed by atoms with Gasteiger partial charge in [-0.05, 0) is 60.0 Å². The van der Waals surface area contributed by atoms with Crippen molar-refractivity contribution in [3.63, 3.8) is 0 Å². The number of benzene rings is 3. The standard InChI is InChI=1S/C21H16Cl2N2O2/c22-18-8-6-15(7-9-18)21(27)25-24-13-17-12-14(5-10-20(17)26)11-16-3-1-2-4-19(16)23/h1-10,12-13,26H,11H2,(H,25,27)/b24-13+. The lowest BCUT2D eigenvalue weighted by Crippen LogP contribution is -2.17. The number of amides is 1. The van der Waals surface area contributed by atoms with Gasteiger partial charge in [-0.2, -0.15) is 5.10 Å². The highest BCUT2D eigenvalue weighted by molar-refractivity contribution is 6.31. The first-order valence-corrected chi connectivity index (χ1v) is 8.93. The van der Waals surface area contributed by atoms with Crippen molar-refractivity contribution < 1.29 is 9.90 Å². The smallest absolute Gasteiger partial charge is 0.271 e. The van der Waals surface area contributed by atoms with Crippen LogP contribution in [0.3, 0.4) is 0 Å². The molecule has 3 aromatic rings. The molecule has 0 fully saturated rings. The summed E-state index contributed by atoms with van der Waals surface area (Å²) in [4.78, 5) is 12.0. The summed E-state index contributed by atoms with van der Waals surface area (Å²) < 4.78 is 0. The van der Waals surface area contributed by atoms with E-state index in [0.29, 0.717) is 27.6 Å². The maximum absolute atomic E-state index is 12.0. The van der Waals surface area contributed by atoms with E-state index >= 15 is 0 Å². The van der Waals surface area contributed by atoms with Gasteiger partial charge in [-0.1, -0.05) is 47.5 Å². The molecule has 3 aromatic carbocycles. The Morgan fingerprint density at radius 3 is 2.52 bits per heavy atom. The second-order valence-electron chi connectivity index (χ2n) is 5.87. The average molecular weight is 399 g/mol. The fourth-order valence-corrected chi connectivity index (χ4v) is 2.83. The van der Waals surface area contributed by atoms with Gasteiger partial charge >= 0.3 is 0 Å². The minimum absolute atomic E-state index is 0.0717. The van der Waals surface area contributed by atoms with E-state index in [-0.39, 0.29) is 11.7 Å². The number of rotatable bonds is 5. The SMILES string of the molecule is O=C(N/N=C/c1cc(Cc2ccccc2Cl)ccc1O)c1ccc(Cl)cc1. The number of carbonyl (C=O) groups excluding carboxylic acids is 1. The van der Waals surface area contributed by atoms with Crippen molar-refractivity contribution in [2.24, 2.45) is 5.10 Å². The van der Waals surface area contributed by atoms with Gasteiger partial charge in [-0.3, -0.25) is 4.79 Å². The minimum atomic E-state index is -0.366. The molecule has 0 aliphatic heterocycles. The second-order valence-corrected chi connectivity index (χ2v) is 6.71. The molecule has 0 bridgehead atoms. The van der Waals surface area contributed by atoms with Crippen LogP contribution < -0.4 is 5.43 Å². The van der Waals surface area contributed by atoms with E-state index in [1.165, 1.54) is 6.21 Å². The van der Waals surface area contributed by atoms with E-state index in [4.69, 9.17) is 23.2 Å². The van der Waals surface area contributed by atoms with Crippen LogP contribution in [0.25, 0.3) is 0 Å². The summed E-state index contributed by atoms with van der Waals surface area (Å²) in [6, 6.07) is 19.3. The normalized spacial score (nSPS) is 10.9. The maximum Gasteiger partial charge on any atom is 0.271 e. The zero-order valence-corrected chi connectivity index (χ0v) is 15.7. The quantitative estimate of drug-likeness (QED) is 0.466. The molecule has 0 aliphatic carbocycles. The number of phenolic OH excluding ortho intramolecular Hbond substituents is 1. The molecular weight excluding hydrogens is 383 g/mol. The summed E-state index contributed by atoms with van der Waals surface area (Å²) >= 11 is 12.0. The molecule has 27 heavy (non-hydrogen) atoms. The lowest BCUT2D eigenvalue weighted by atomic mass is 10.0. The molecule has 0 spiro atoms. The third kappa shape index (κ3) is 5.09. The van der Waals surface area contributed by atoms with Crippen molar-refractivity contribution in [3.05, 3.63) is 99.0 Å². The molecule has 1 amide bonds. The van der Waals surface area contributed by atoms with Crippen molar-refractivity contribution in [1.82, 2.24) is 5.43 Å². The van der Waals surface area contributed by atoms with Crippen LogP contribution in [-0.4, -0.2) is 17.2 Å². The van der Waals surface area contributed by atoms with E-state index in [1.54, 1.807) is 36.4 Å². The Morgan fingerprint density at radius 1 is 1.04 bits per heavy atom. The molecule has 2 N–H and O–H groups in total. The van der Waals surface area contributed by atoms with Crippen molar-refractivity contribution in [2.75, 3.05) is 0 Å². The van der Waals surface area contributed by atoms with Gasteiger partial charge in [-0.25, -0.2) is 5.43 Å². The summed E-state index contributed by atoms with van der Waals surface area (Å²) in [6.07, 6.45) is 2.02. The van der Waals surface area contributed by atoms with Gasteiger partial charge in [0.1, 0.15) is 5.75 Å². The van der Waals surface area contributed by atoms with E-state index in [1.807, 2.05) is 30.3 Å². The molecule has 4 nitrogen and oxygen atoms in total. The second kappa shape index (κ2) is 8.71. The van der Waals surface area contributed by atoms with Gasteiger partial charge in [-0.15, -0.1) is 0 Å². The maximum atomic E-state index is 12.0. The molecule has 3 rings (SSSR count). The predicted octanol–water partition coefficient (Wildman–Crippen LogP) is 5.05. The summed E-state index contributed by atoms with van der Waals surface area (Å²) in [7, 11) is 0. The molecule has 0 unspecified atom stereocenters. The highest BCUT2D eigenvalue weighted by atomic mass is 35.5. The van der Waals surface area contributed by atoms with Gasteiger partial charge < -0.3 is 5.11 Å². The number of phenols is 1. The van der Waals surface area contributed by atoms with Crippen LogP contribution in [0.1, 0.15) is 27.0 Å². The van der Waals surface area contributed by atoms with Crippen molar-refractivity contribution in [2.45, 2.75) is 6.42 Å². The fraction of sp³-hybridized carbons (Fsp3) is 0.0476. The summed E-state index contributed by atoms with van der Waals surface area (Å²) in [6.45, 7) is 0. The zero-order chi connectivity index (χ0) is 19.2. The highest BCUT2D eigenvalue weighted by Gasteiger charge is 2.06. The van der Waals surface area contributed by atoms with Crippen LogP contribution in [0.2, 0.25) is 10.0 Å². The number of halogens is 2. The number of hydrazone groups is 1. The Balaban J connectivity index is 1.70. The molecule has 0 radical (unpaired) electrons. The van der Waals surface area contributed by atoms with Gasteiger partial charge in [0.2, 0.25) is 0 Å². The molecule has 0 aliphatic rings. The molecule has 0 saturated carbocycles. The Bertz CT molecular complexity index is 986. The van der Waals surface area contributed by atoms with E-state index < -0.39 is 0 Å². The molecule has 0 heterocycles. The lowest BCUT2D eigenvalue weighted by Gasteiger charge is -2.07. The van der Waals surface area contributed by atoms with Crippen LogP contribution in [0.4, 0.5) is 0 Å². The van der Waals surface area contributed by atoms with Crippen LogP contribution in [0, 0.1) is 0 Å². The number of aromatic hydroxyl groups is 1. The number of nitrogens with one attached hydrogen (secondary N) is 1. The van der Waals surface area contributed by atoms with Crippen molar-refractivity contribution in [3.8, 4) is 5.75 Å². The number of nitrogens with zero attached hydrogens (tertiary/aromatic N) is 1. The minimum Gasteiger partial charge on any atom is -0.507 e. The van der Waals surface area contributed by atoms with Crippen LogP contribution in [0.15, 0.2) is 71.8 Å².